The Kier molecular flexibility index (Phi) is 7.95. The Morgan fingerprint density at radius 3 is 2.59 bits per heavy atom. The van der Waals surface area contributed by atoms with E-state index in [1.165, 1.54) is 0 Å². The molecule has 172 valence electrons. The van der Waals surface area contributed by atoms with Crippen LogP contribution in [0.3, 0.4) is 0 Å². The molecule has 0 unspecified atom stereocenters. The third kappa shape index (κ3) is 5.82. The van der Waals surface area contributed by atoms with Crippen LogP contribution in [-0.4, -0.2) is 21.1 Å². The van der Waals surface area contributed by atoms with Gasteiger partial charge in [0, 0.05) is 21.2 Å². The van der Waals surface area contributed by atoms with Crippen molar-refractivity contribution in [1.82, 2.24) is 10.4 Å². The van der Waals surface area contributed by atoms with Gasteiger partial charge in [-0.3, -0.25) is 15.0 Å². The highest BCUT2D eigenvalue weighted by molar-refractivity contribution is 9.10. The van der Waals surface area contributed by atoms with Crippen LogP contribution in [0.25, 0.3) is 6.08 Å². The molecule has 1 saturated heterocycles. The molecule has 4 rings (SSSR count). The highest BCUT2D eigenvalue weighted by Crippen LogP contribution is 2.34. The number of thioether (sulfide) groups is 1. The van der Waals surface area contributed by atoms with Crippen LogP contribution in [-0.2, 0) is 11.4 Å². The number of amides is 2. The van der Waals surface area contributed by atoms with Gasteiger partial charge in [0.05, 0.1) is 9.38 Å². The third-order valence-electron chi connectivity index (χ3n) is 4.70. The minimum absolute atomic E-state index is 0.249. The number of nitrogens with one attached hydrogen (secondary N) is 1. The molecule has 2 amide bonds. The first-order chi connectivity index (χ1) is 16.3. The molecule has 0 aliphatic carbocycles. The van der Waals surface area contributed by atoms with Crippen LogP contribution in [0, 0.1) is 0 Å². The number of ether oxygens (including phenoxy) is 1. The van der Waals surface area contributed by atoms with E-state index in [-0.39, 0.29) is 10.9 Å². The molecular weight excluding hydrogens is 579 g/mol. The molecule has 3 aromatic rings. The fourth-order valence-corrected chi connectivity index (χ4v) is 5.14. The smallest absolute Gasteiger partial charge is 0.285 e. The molecule has 0 saturated carbocycles. The van der Waals surface area contributed by atoms with Gasteiger partial charge in [0.25, 0.3) is 11.8 Å². The lowest BCUT2D eigenvalue weighted by molar-refractivity contribution is -0.123. The normalized spacial score (nSPS) is 14.6. The van der Waals surface area contributed by atoms with Gasteiger partial charge in [0.2, 0.25) is 0 Å². The van der Waals surface area contributed by atoms with Gasteiger partial charge in [-0.2, -0.15) is 5.01 Å². The van der Waals surface area contributed by atoms with Crippen LogP contribution < -0.4 is 10.2 Å². The summed E-state index contributed by atoms with van der Waals surface area (Å²) in [4.78, 5) is 25.6. The summed E-state index contributed by atoms with van der Waals surface area (Å²) in [5.74, 6) is -0.192. The van der Waals surface area contributed by atoms with Crippen molar-refractivity contribution in [2.75, 3.05) is 0 Å². The molecule has 0 atom stereocenters. The number of benzene rings is 3. The molecule has 0 spiro atoms. The molecule has 3 aromatic carbocycles. The van der Waals surface area contributed by atoms with Crippen molar-refractivity contribution in [2.45, 2.75) is 6.61 Å². The van der Waals surface area contributed by atoms with E-state index in [1.807, 2.05) is 18.2 Å². The molecule has 5 nitrogen and oxygen atoms in total. The fourth-order valence-electron chi connectivity index (χ4n) is 2.99. The van der Waals surface area contributed by atoms with Gasteiger partial charge >= 0.3 is 0 Å². The Labute approximate surface area is 224 Å². The number of carbonyl (C=O) groups is 2. The van der Waals surface area contributed by atoms with Crippen molar-refractivity contribution in [3.05, 3.63) is 103 Å². The van der Waals surface area contributed by atoms with E-state index in [9.17, 15) is 9.59 Å². The predicted molar refractivity (Wildman–Crippen MR) is 144 cm³/mol. The van der Waals surface area contributed by atoms with Crippen LogP contribution in [0.5, 0.6) is 5.75 Å². The molecule has 0 aromatic heterocycles. The van der Waals surface area contributed by atoms with Gasteiger partial charge in [0.15, 0.2) is 4.32 Å². The first-order valence-electron chi connectivity index (χ1n) is 9.82. The fraction of sp³-hybridized carbons (Fsp3) is 0.0417. The maximum absolute atomic E-state index is 12.8. The monoisotopic (exact) mass is 592 g/mol. The maximum atomic E-state index is 12.8. The van der Waals surface area contributed by atoms with Crippen LogP contribution in [0.1, 0.15) is 21.5 Å². The van der Waals surface area contributed by atoms with Gasteiger partial charge in [-0.25, -0.2) is 0 Å². The molecule has 1 aliphatic heterocycles. The SMILES string of the molecule is O=C(NN1C(=O)C(=Cc2ccc(OCc3ccc(Cl)cc3Cl)c(Br)c2)SC1=S)c1ccccc1. The summed E-state index contributed by atoms with van der Waals surface area (Å²) in [5.41, 5.74) is 4.57. The predicted octanol–water partition coefficient (Wildman–Crippen LogP) is 6.88. The molecule has 10 heteroatoms. The Morgan fingerprint density at radius 1 is 1.12 bits per heavy atom. The second kappa shape index (κ2) is 10.9. The second-order valence-corrected chi connectivity index (χ2v) is 10.4. The quantitative estimate of drug-likeness (QED) is 0.249. The summed E-state index contributed by atoms with van der Waals surface area (Å²) in [6, 6.07) is 19.3. The molecule has 0 radical (unpaired) electrons. The van der Waals surface area contributed by atoms with E-state index in [0.29, 0.717) is 30.7 Å². The lowest BCUT2D eigenvalue weighted by Gasteiger charge is -2.15. The van der Waals surface area contributed by atoms with Crippen LogP contribution in [0.15, 0.2) is 76.1 Å². The number of hydrogen-bond acceptors (Lipinski definition) is 5. The van der Waals surface area contributed by atoms with Crippen molar-refractivity contribution < 1.29 is 14.3 Å². The summed E-state index contributed by atoms with van der Waals surface area (Å²) in [6.07, 6.45) is 1.71. The minimum Gasteiger partial charge on any atom is -0.488 e. The zero-order chi connectivity index (χ0) is 24.2. The van der Waals surface area contributed by atoms with E-state index in [4.69, 9.17) is 40.2 Å². The van der Waals surface area contributed by atoms with Crippen molar-refractivity contribution in [2.24, 2.45) is 0 Å². The van der Waals surface area contributed by atoms with Crippen LogP contribution >= 0.6 is 63.1 Å². The Bertz CT molecular complexity index is 1320. The van der Waals surface area contributed by atoms with Crippen LogP contribution in [0.2, 0.25) is 10.0 Å². The number of nitrogens with zero attached hydrogens (tertiary/aromatic N) is 1. The summed E-state index contributed by atoms with van der Waals surface area (Å²) >= 11 is 22.0. The second-order valence-electron chi connectivity index (χ2n) is 7.04. The molecule has 1 fully saturated rings. The minimum atomic E-state index is -0.414. The molecule has 1 N–H and O–H groups in total. The number of thiocarbonyl (C=S) groups is 1. The van der Waals surface area contributed by atoms with E-state index in [1.54, 1.807) is 54.6 Å². The number of halogens is 3. The largest absolute Gasteiger partial charge is 0.488 e. The number of rotatable bonds is 6. The summed E-state index contributed by atoms with van der Waals surface area (Å²) in [6.45, 7) is 0.272. The summed E-state index contributed by atoms with van der Waals surface area (Å²) in [5, 5.41) is 2.18. The molecule has 1 heterocycles. The Morgan fingerprint density at radius 2 is 1.88 bits per heavy atom. The lowest BCUT2D eigenvalue weighted by atomic mass is 10.2. The van der Waals surface area contributed by atoms with E-state index in [2.05, 4.69) is 21.4 Å². The zero-order valence-corrected chi connectivity index (χ0v) is 22.0. The molecule has 1 aliphatic rings. The van der Waals surface area contributed by atoms with Gasteiger partial charge in [-0.05, 0) is 76.2 Å². The standard InChI is InChI=1S/C24H15BrCl2N2O3S2/c25-18-10-14(6-9-20(18)32-13-16-7-8-17(26)12-19(16)27)11-21-23(31)29(24(33)34-21)28-22(30)15-4-2-1-3-5-15/h1-12H,13H2,(H,28,30). The Balaban J connectivity index is 1.44. The zero-order valence-electron chi connectivity index (χ0n) is 17.3. The average Bonchev–Trinajstić information content (AvgIpc) is 3.07. The molecule has 34 heavy (non-hydrogen) atoms. The molecular formula is C24H15BrCl2N2O3S2. The van der Waals surface area contributed by atoms with Crippen LogP contribution in [0.4, 0.5) is 0 Å². The Hall–Kier alpha value is -2.36. The van der Waals surface area contributed by atoms with Crippen molar-refractivity contribution in [3.8, 4) is 5.75 Å². The van der Waals surface area contributed by atoms with Crippen molar-refractivity contribution >= 4 is 85.3 Å². The highest BCUT2D eigenvalue weighted by atomic mass is 79.9. The van der Waals surface area contributed by atoms with Gasteiger partial charge < -0.3 is 4.74 Å². The van der Waals surface area contributed by atoms with Gasteiger partial charge in [0.1, 0.15) is 12.4 Å². The maximum Gasteiger partial charge on any atom is 0.285 e. The number of hydrogen-bond donors (Lipinski definition) is 1. The average molecular weight is 594 g/mol. The topological polar surface area (TPSA) is 58.6 Å². The lowest BCUT2D eigenvalue weighted by Crippen LogP contribution is -2.44. The first-order valence-corrected chi connectivity index (χ1v) is 12.6. The van der Waals surface area contributed by atoms with Gasteiger partial charge in [-0.15, -0.1) is 0 Å². The van der Waals surface area contributed by atoms with E-state index >= 15 is 0 Å². The summed E-state index contributed by atoms with van der Waals surface area (Å²) < 4.78 is 6.82. The first kappa shape index (κ1) is 24.8. The number of carbonyl (C=O) groups excluding carboxylic acids is 2. The number of hydrazine groups is 1. The third-order valence-corrected chi connectivity index (χ3v) is 7.20. The van der Waals surface area contributed by atoms with Crippen molar-refractivity contribution in [3.63, 3.8) is 0 Å². The van der Waals surface area contributed by atoms with Crippen molar-refractivity contribution in [1.29, 1.82) is 0 Å². The van der Waals surface area contributed by atoms with Gasteiger partial charge in [-0.1, -0.05) is 65.3 Å². The van der Waals surface area contributed by atoms with E-state index in [0.717, 1.165) is 27.9 Å². The molecule has 0 bridgehead atoms. The summed E-state index contributed by atoms with van der Waals surface area (Å²) in [7, 11) is 0. The highest BCUT2D eigenvalue weighted by Gasteiger charge is 2.33. The van der Waals surface area contributed by atoms with E-state index < -0.39 is 11.8 Å².